The number of nitrogens with one attached hydrogen (secondary N) is 1. The zero-order valence-corrected chi connectivity index (χ0v) is 19.3. The van der Waals surface area contributed by atoms with Gasteiger partial charge in [-0.25, -0.2) is 13.1 Å². The Bertz CT molecular complexity index is 1190. The van der Waals surface area contributed by atoms with E-state index < -0.39 is 10.0 Å². The van der Waals surface area contributed by atoms with Crippen molar-refractivity contribution in [2.45, 2.75) is 39.5 Å². The quantitative estimate of drug-likeness (QED) is 0.600. The molecule has 164 valence electrons. The van der Waals surface area contributed by atoms with Crippen LogP contribution >= 0.6 is 0 Å². The molecular weight excluding hydrogens is 412 g/mol. The highest BCUT2D eigenvalue weighted by atomic mass is 32.2. The Labute approximate surface area is 183 Å². The first-order chi connectivity index (χ1) is 14.7. The molecule has 0 saturated heterocycles. The predicted octanol–water partition coefficient (Wildman–Crippen LogP) is 4.08. The molecule has 1 aromatic heterocycles. The highest BCUT2D eigenvalue weighted by molar-refractivity contribution is 7.89. The van der Waals surface area contributed by atoms with E-state index in [-0.39, 0.29) is 10.8 Å². The van der Waals surface area contributed by atoms with E-state index in [1.54, 1.807) is 45.0 Å². The van der Waals surface area contributed by atoms with Crippen LogP contribution in [0.1, 0.15) is 41.2 Å². The summed E-state index contributed by atoms with van der Waals surface area (Å²) in [4.78, 5) is 12.9. The van der Waals surface area contributed by atoms with Crippen molar-refractivity contribution in [3.8, 4) is 5.69 Å². The number of benzene rings is 2. The lowest BCUT2D eigenvalue weighted by molar-refractivity contribution is 0.102. The van der Waals surface area contributed by atoms with Gasteiger partial charge in [-0.2, -0.15) is 9.40 Å². The van der Waals surface area contributed by atoms with Gasteiger partial charge in [0.25, 0.3) is 5.91 Å². The number of hydrogen-bond donors (Lipinski definition) is 1. The molecule has 1 amide bonds. The summed E-state index contributed by atoms with van der Waals surface area (Å²) >= 11 is 0. The molecule has 0 radical (unpaired) electrons. The van der Waals surface area contributed by atoms with Crippen LogP contribution in [-0.4, -0.2) is 41.5 Å². The Kier molecular flexibility index (Phi) is 6.62. The third-order valence-corrected chi connectivity index (χ3v) is 7.34. The second-order valence-electron chi connectivity index (χ2n) is 7.41. The molecule has 7 nitrogen and oxygen atoms in total. The molecule has 8 heteroatoms. The number of amides is 1. The van der Waals surface area contributed by atoms with Crippen LogP contribution in [0.3, 0.4) is 0 Å². The standard InChI is InChI=1S/C23H28N4O3S/c1-6-26(7-2)31(29,30)22-15-20(11-8-16(22)3)24-23(28)19-9-12-21(13-10-19)27-18(5)14-17(4)25-27/h8-15H,6-7H2,1-5H3,(H,24,28). The van der Waals surface area contributed by atoms with Crippen molar-refractivity contribution in [3.05, 3.63) is 71.0 Å². The van der Waals surface area contributed by atoms with Crippen LogP contribution in [0.25, 0.3) is 5.69 Å². The summed E-state index contributed by atoms with van der Waals surface area (Å²) in [5, 5.41) is 7.25. The molecule has 0 spiro atoms. The minimum atomic E-state index is -3.62. The lowest BCUT2D eigenvalue weighted by Crippen LogP contribution is -2.31. The number of sulfonamides is 1. The summed E-state index contributed by atoms with van der Waals surface area (Å²) in [6.45, 7) is 10.0. The molecule has 1 heterocycles. The Morgan fingerprint density at radius 3 is 2.19 bits per heavy atom. The van der Waals surface area contributed by atoms with Gasteiger partial charge in [0.15, 0.2) is 0 Å². The third kappa shape index (κ3) is 4.70. The summed E-state index contributed by atoms with van der Waals surface area (Å²) in [7, 11) is -3.62. The largest absolute Gasteiger partial charge is 0.322 e. The molecule has 0 atom stereocenters. The Morgan fingerprint density at radius 1 is 1.00 bits per heavy atom. The van der Waals surface area contributed by atoms with Crippen molar-refractivity contribution in [2.24, 2.45) is 0 Å². The maximum absolute atomic E-state index is 12.9. The summed E-state index contributed by atoms with van der Waals surface area (Å²) in [5.41, 5.74) is 4.35. The van der Waals surface area contributed by atoms with Gasteiger partial charge >= 0.3 is 0 Å². The van der Waals surface area contributed by atoms with E-state index in [0.717, 1.165) is 17.1 Å². The van der Waals surface area contributed by atoms with E-state index in [0.29, 0.717) is 29.9 Å². The summed E-state index contributed by atoms with van der Waals surface area (Å²) in [6, 6.07) is 14.0. The van der Waals surface area contributed by atoms with Crippen molar-refractivity contribution < 1.29 is 13.2 Å². The number of carbonyl (C=O) groups is 1. The van der Waals surface area contributed by atoms with Crippen LogP contribution < -0.4 is 5.32 Å². The molecule has 2 aromatic carbocycles. The van der Waals surface area contributed by atoms with Crippen LogP contribution in [0.4, 0.5) is 5.69 Å². The van der Waals surface area contributed by atoms with Gasteiger partial charge in [-0.3, -0.25) is 4.79 Å². The summed E-state index contributed by atoms with van der Waals surface area (Å²) < 4.78 is 29.1. The van der Waals surface area contributed by atoms with Crippen LogP contribution in [0, 0.1) is 20.8 Å². The summed E-state index contributed by atoms with van der Waals surface area (Å²) in [5.74, 6) is -0.310. The van der Waals surface area contributed by atoms with Crippen LogP contribution in [0.5, 0.6) is 0 Å². The normalized spacial score (nSPS) is 11.7. The Hall–Kier alpha value is -2.97. The molecule has 31 heavy (non-hydrogen) atoms. The molecule has 0 aliphatic rings. The first-order valence-electron chi connectivity index (χ1n) is 10.2. The van der Waals surface area contributed by atoms with E-state index in [1.807, 2.05) is 36.7 Å². The molecule has 0 aliphatic carbocycles. The van der Waals surface area contributed by atoms with Gasteiger partial charge in [0.1, 0.15) is 0 Å². The number of carbonyl (C=O) groups excluding carboxylic acids is 1. The maximum atomic E-state index is 12.9. The molecule has 0 saturated carbocycles. The van der Waals surface area contributed by atoms with Gasteiger partial charge in [0, 0.05) is 30.0 Å². The number of hydrogen-bond acceptors (Lipinski definition) is 4. The molecule has 0 bridgehead atoms. The van der Waals surface area contributed by atoms with Crippen LogP contribution in [-0.2, 0) is 10.0 Å². The average Bonchev–Trinajstić information content (AvgIpc) is 3.08. The first-order valence-corrected chi connectivity index (χ1v) is 11.7. The van der Waals surface area contributed by atoms with Gasteiger partial charge in [-0.15, -0.1) is 0 Å². The molecule has 0 aliphatic heterocycles. The zero-order valence-electron chi connectivity index (χ0n) is 18.5. The molecule has 3 rings (SSSR count). The van der Waals surface area contributed by atoms with Crippen molar-refractivity contribution in [2.75, 3.05) is 18.4 Å². The van der Waals surface area contributed by atoms with Crippen molar-refractivity contribution in [1.82, 2.24) is 14.1 Å². The smallest absolute Gasteiger partial charge is 0.255 e. The van der Waals surface area contributed by atoms with E-state index in [4.69, 9.17) is 0 Å². The lowest BCUT2D eigenvalue weighted by Gasteiger charge is -2.20. The molecule has 3 aromatic rings. The molecular formula is C23H28N4O3S. The fourth-order valence-electron chi connectivity index (χ4n) is 3.51. The third-order valence-electron chi connectivity index (χ3n) is 5.15. The Balaban J connectivity index is 1.83. The van der Waals surface area contributed by atoms with Crippen molar-refractivity contribution in [3.63, 3.8) is 0 Å². The Morgan fingerprint density at radius 2 is 1.65 bits per heavy atom. The highest BCUT2D eigenvalue weighted by Gasteiger charge is 2.24. The minimum absolute atomic E-state index is 0.203. The number of aromatic nitrogens is 2. The second kappa shape index (κ2) is 9.03. The van der Waals surface area contributed by atoms with E-state index in [9.17, 15) is 13.2 Å². The van der Waals surface area contributed by atoms with E-state index in [2.05, 4.69) is 10.4 Å². The monoisotopic (exact) mass is 440 g/mol. The predicted molar refractivity (Wildman–Crippen MR) is 122 cm³/mol. The lowest BCUT2D eigenvalue weighted by atomic mass is 10.1. The number of aryl methyl sites for hydroxylation is 3. The first kappa shape index (κ1) is 22.7. The van der Waals surface area contributed by atoms with Gasteiger partial charge in [0.05, 0.1) is 16.3 Å². The van der Waals surface area contributed by atoms with Gasteiger partial charge in [-0.05, 0) is 68.8 Å². The number of anilines is 1. The maximum Gasteiger partial charge on any atom is 0.255 e. The SMILES string of the molecule is CCN(CC)S(=O)(=O)c1cc(NC(=O)c2ccc(-n3nc(C)cc3C)cc2)ccc1C. The number of nitrogens with zero attached hydrogens (tertiary/aromatic N) is 3. The van der Waals surface area contributed by atoms with Crippen molar-refractivity contribution >= 4 is 21.6 Å². The topological polar surface area (TPSA) is 84.3 Å². The van der Waals surface area contributed by atoms with E-state index in [1.165, 1.54) is 10.4 Å². The fourth-order valence-corrected chi connectivity index (χ4v) is 5.21. The zero-order chi connectivity index (χ0) is 22.8. The van der Waals surface area contributed by atoms with Crippen molar-refractivity contribution in [1.29, 1.82) is 0 Å². The number of rotatable bonds is 7. The van der Waals surface area contributed by atoms with Gasteiger partial charge in [-0.1, -0.05) is 19.9 Å². The minimum Gasteiger partial charge on any atom is -0.322 e. The second-order valence-corrected chi connectivity index (χ2v) is 9.32. The van der Waals surface area contributed by atoms with Crippen LogP contribution in [0.15, 0.2) is 53.4 Å². The molecule has 0 unspecified atom stereocenters. The molecule has 1 N–H and O–H groups in total. The van der Waals surface area contributed by atoms with Gasteiger partial charge in [0.2, 0.25) is 10.0 Å². The van der Waals surface area contributed by atoms with Gasteiger partial charge < -0.3 is 5.32 Å². The van der Waals surface area contributed by atoms with E-state index >= 15 is 0 Å². The summed E-state index contributed by atoms with van der Waals surface area (Å²) in [6.07, 6.45) is 0. The molecule has 0 fully saturated rings. The average molecular weight is 441 g/mol. The highest BCUT2D eigenvalue weighted by Crippen LogP contribution is 2.24. The van der Waals surface area contributed by atoms with Crippen LogP contribution in [0.2, 0.25) is 0 Å². The fraction of sp³-hybridized carbons (Fsp3) is 0.304.